The zero-order chi connectivity index (χ0) is 29.2. The highest BCUT2D eigenvalue weighted by molar-refractivity contribution is 5.90. The predicted octanol–water partition coefficient (Wildman–Crippen LogP) is 4.37. The average molecular weight is 579 g/mol. The Morgan fingerprint density at radius 1 is 1.07 bits per heavy atom. The van der Waals surface area contributed by atoms with Gasteiger partial charge in [0.25, 0.3) is 0 Å². The van der Waals surface area contributed by atoms with Crippen LogP contribution >= 0.6 is 0 Å². The number of pyridine rings is 1. The maximum Gasteiger partial charge on any atom is 0.386 e. The lowest BCUT2D eigenvalue weighted by Gasteiger charge is -2.31. The fraction of sp³-hybridized carbons (Fsp3) is 0.586. The van der Waals surface area contributed by atoms with E-state index in [4.69, 9.17) is 14.5 Å². The number of aromatic nitrogens is 1. The van der Waals surface area contributed by atoms with E-state index < -0.39 is 6.18 Å². The molecule has 12 heteroatoms. The van der Waals surface area contributed by atoms with Crippen LogP contribution in [-0.4, -0.2) is 106 Å². The molecule has 0 spiro atoms. The van der Waals surface area contributed by atoms with Crippen LogP contribution in [0.2, 0.25) is 0 Å². The molecule has 2 amide bonds. The van der Waals surface area contributed by atoms with E-state index in [1.807, 2.05) is 23.2 Å². The normalized spacial score (nSPS) is 18.1. The molecule has 0 bridgehead atoms. The molecular formula is C29H41F3N6O3. The Morgan fingerprint density at radius 3 is 2.44 bits per heavy atom. The van der Waals surface area contributed by atoms with Gasteiger partial charge in [-0.2, -0.15) is 13.2 Å². The minimum absolute atomic E-state index is 0.0253. The second-order valence-electron chi connectivity index (χ2n) is 10.5. The summed E-state index contributed by atoms with van der Waals surface area (Å²) in [6.45, 7) is 12.6. The molecule has 3 aliphatic heterocycles. The first-order valence-electron chi connectivity index (χ1n) is 14.3. The molecular weight excluding hydrogens is 537 g/mol. The third-order valence-corrected chi connectivity index (χ3v) is 7.23. The van der Waals surface area contributed by atoms with Crippen molar-refractivity contribution in [3.05, 3.63) is 36.0 Å². The zero-order valence-corrected chi connectivity index (χ0v) is 23.9. The highest BCUT2D eigenvalue weighted by Crippen LogP contribution is 2.34. The van der Waals surface area contributed by atoms with Crippen LogP contribution in [0.15, 0.2) is 30.5 Å². The van der Waals surface area contributed by atoms with Gasteiger partial charge in [0.1, 0.15) is 12.3 Å². The Balaban J connectivity index is 0.000000714. The number of benzene rings is 1. The summed E-state index contributed by atoms with van der Waals surface area (Å²) in [5, 5.41) is 6.47. The van der Waals surface area contributed by atoms with Gasteiger partial charge in [-0.15, -0.1) is 0 Å². The molecule has 41 heavy (non-hydrogen) atoms. The van der Waals surface area contributed by atoms with Crippen molar-refractivity contribution in [2.75, 3.05) is 88.9 Å². The van der Waals surface area contributed by atoms with E-state index in [0.717, 1.165) is 99.8 Å². The van der Waals surface area contributed by atoms with Gasteiger partial charge in [0, 0.05) is 83.3 Å². The monoisotopic (exact) mass is 578 g/mol. The smallest absolute Gasteiger partial charge is 0.386 e. The number of urea groups is 1. The number of nitrogens with one attached hydrogen (secondary N) is 2. The van der Waals surface area contributed by atoms with Gasteiger partial charge >= 0.3 is 12.2 Å². The van der Waals surface area contributed by atoms with Gasteiger partial charge in [-0.1, -0.05) is 6.07 Å². The van der Waals surface area contributed by atoms with Crippen molar-refractivity contribution in [2.45, 2.75) is 32.9 Å². The van der Waals surface area contributed by atoms with Crippen LogP contribution in [0.5, 0.6) is 5.88 Å². The highest BCUT2D eigenvalue weighted by Gasteiger charge is 2.21. The van der Waals surface area contributed by atoms with E-state index in [-0.39, 0.29) is 13.0 Å². The van der Waals surface area contributed by atoms with Crippen molar-refractivity contribution in [2.24, 2.45) is 0 Å². The number of hydrogen-bond donors (Lipinski definition) is 2. The molecule has 1 aromatic carbocycles. The maximum atomic E-state index is 12.6. The number of nitrogens with zero attached hydrogens (tertiary/aromatic N) is 4. The van der Waals surface area contributed by atoms with Crippen LogP contribution < -0.4 is 20.3 Å². The number of carbonyl (C=O) groups is 1. The summed E-state index contributed by atoms with van der Waals surface area (Å²) in [5.41, 5.74) is 5.01. The number of carbonyl (C=O) groups excluding carboxylic acids is 1. The number of anilines is 2. The van der Waals surface area contributed by atoms with Crippen molar-refractivity contribution < 1.29 is 27.4 Å². The van der Waals surface area contributed by atoms with E-state index in [2.05, 4.69) is 39.5 Å². The SMILES string of the molecule is CC(F)(F)F.Cc1ccc(NC(=O)N2CCCC2)cc1-c1cnc(OCCN2CCNCC2)c(N2CCOCC2)c1. The number of alkyl halides is 3. The minimum atomic E-state index is -4.00. The molecule has 2 N–H and O–H groups in total. The molecule has 5 rings (SSSR count). The zero-order valence-electron chi connectivity index (χ0n) is 23.9. The summed E-state index contributed by atoms with van der Waals surface area (Å²) < 4.78 is 42.9. The van der Waals surface area contributed by atoms with Gasteiger partial charge in [0.15, 0.2) is 0 Å². The molecule has 0 unspecified atom stereocenters. The summed E-state index contributed by atoms with van der Waals surface area (Å²) in [6.07, 6.45) is 0.0386. The lowest BCUT2D eigenvalue weighted by molar-refractivity contribution is -0.110. The Hall–Kier alpha value is -3.09. The Labute approximate surface area is 240 Å². The third-order valence-electron chi connectivity index (χ3n) is 7.23. The van der Waals surface area contributed by atoms with Gasteiger partial charge in [-0.05, 0) is 49.1 Å². The van der Waals surface area contributed by atoms with E-state index in [9.17, 15) is 18.0 Å². The van der Waals surface area contributed by atoms with Crippen molar-refractivity contribution in [3.8, 4) is 17.0 Å². The third kappa shape index (κ3) is 9.75. The van der Waals surface area contributed by atoms with Crippen molar-refractivity contribution in [3.63, 3.8) is 0 Å². The molecule has 0 atom stereocenters. The van der Waals surface area contributed by atoms with Crippen molar-refractivity contribution in [1.29, 1.82) is 0 Å². The Bertz CT molecular complexity index is 1130. The second-order valence-corrected chi connectivity index (χ2v) is 10.5. The Kier molecular flexibility index (Phi) is 11.1. The summed E-state index contributed by atoms with van der Waals surface area (Å²) in [7, 11) is 0. The first kappa shape index (κ1) is 30.9. The van der Waals surface area contributed by atoms with E-state index in [1.54, 1.807) is 0 Å². The van der Waals surface area contributed by atoms with Crippen LogP contribution in [0.4, 0.5) is 29.3 Å². The number of amides is 2. The first-order valence-corrected chi connectivity index (χ1v) is 14.3. The lowest BCUT2D eigenvalue weighted by atomic mass is 10.0. The number of halogens is 3. The Morgan fingerprint density at radius 2 is 1.76 bits per heavy atom. The van der Waals surface area contributed by atoms with Crippen LogP contribution in [0, 0.1) is 6.92 Å². The average Bonchev–Trinajstić information content (AvgIpc) is 3.50. The van der Waals surface area contributed by atoms with Gasteiger partial charge in [0.2, 0.25) is 5.88 Å². The summed E-state index contributed by atoms with van der Waals surface area (Å²) in [4.78, 5) is 24.0. The highest BCUT2D eigenvalue weighted by atomic mass is 19.4. The maximum absolute atomic E-state index is 12.6. The minimum Gasteiger partial charge on any atom is -0.475 e. The van der Waals surface area contributed by atoms with Gasteiger partial charge in [0.05, 0.1) is 13.2 Å². The summed E-state index contributed by atoms with van der Waals surface area (Å²) in [6, 6.07) is 8.22. The van der Waals surface area contributed by atoms with Crippen LogP contribution in [0.1, 0.15) is 25.3 Å². The lowest BCUT2D eigenvalue weighted by Crippen LogP contribution is -2.45. The van der Waals surface area contributed by atoms with E-state index in [0.29, 0.717) is 25.7 Å². The van der Waals surface area contributed by atoms with Crippen LogP contribution in [0.25, 0.3) is 11.1 Å². The molecule has 1 aromatic heterocycles. The first-order chi connectivity index (χ1) is 19.7. The summed E-state index contributed by atoms with van der Waals surface area (Å²) >= 11 is 0. The fourth-order valence-corrected chi connectivity index (χ4v) is 5.07. The number of likely N-dealkylation sites (tertiary alicyclic amines) is 1. The van der Waals surface area contributed by atoms with Gasteiger partial charge in [-0.25, -0.2) is 9.78 Å². The molecule has 4 heterocycles. The molecule has 0 aliphatic carbocycles. The molecule has 2 aromatic rings. The topological polar surface area (TPSA) is 82.2 Å². The number of ether oxygens (including phenoxy) is 2. The molecule has 3 aliphatic rings. The molecule has 9 nitrogen and oxygen atoms in total. The summed E-state index contributed by atoms with van der Waals surface area (Å²) in [5.74, 6) is 0.673. The van der Waals surface area contributed by atoms with Crippen LogP contribution in [-0.2, 0) is 4.74 Å². The largest absolute Gasteiger partial charge is 0.475 e. The number of piperazine rings is 1. The number of rotatable bonds is 7. The number of aryl methyl sites for hydroxylation is 1. The molecule has 0 saturated carbocycles. The molecule has 226 valence electrons. The second kappa shape index (κ2) is 14.7. The van der Waals surface area contributed by atoms with Crippen molar-refractivity contribution in [1.82, 2.24) is 20.1 Å². The number of hydrogen-bond acceptors (Lipinski definition) is 7. The molecule has 3 fully saturated rings. The quantitative estimate of drug-likeness (QED) is 0.505. The fourth-order valence-electron chi connectivity index (χ4n) is 5.07. The number of morpholine rings is 1. The van der Waals surface area contributed by atoms with Gasteiger partial charge < -0.3 is 29.9 Å². The van der Waals surface area contributed by atoms with Crippen molar-refractivity contribution >= 4 is 17.4 Å². The predicted molar refractivity (Wildman–Crippen MR) is 154 cm³/mol. The van der Waals surface area contributed by atoms with Crippen LogP contribution in [0.3, 0.4) is 0 Å². The standard InChI is InChI=1S/C27H38N6O3.C2H3F3/c1-21-4-5-23(30-27(34)33-8-2-3-9-33)19-24(21)22-18-25(32-13-15-35-16-14-32)26(29-20-22)36-17-12-31-10-6-28-7-11-31;1-2(3,4)5/h4-5,18-20,28H,2-3,6-17H2,1H3,(H,30,34);1H3. The molecule has 0 radical (unpaired) electrons. The van der Waals surface area contributed by atoms with Gasteiger partial charge in [-0.3, -0.25) is 4.90 Å². The van der Waals surface area contributed by atoms with E-state index in [1.165, 1.54) is 0 Å². The molecule has 3 saturated heterocycles. The van der Waals surface area contributed by atoms with E-state index >= 15 is 0 Å².